The molecule has 0 radical (unpaired) electrons. The van der Waals surface area contributed by atoms with Crippen LogP contribution in [0.5, 0.6) is 0 Å². The molecule has 0 spiro atoms. The number of hydrogen-bond donors (Lipinski definition) is 4. The summed E-state index contributed by atoms with van der Waals surface area (Å²) < 4.78 is 11.2. The van der Waals surface area contributed by atoms with E-state index in [9.17, 15) is 24.3 Å². The summed E-state index contributed by atoms with van der Waals surface area (Å²) in [6, 6.07) is 1.83. The molecule has 0 aliphatic rings. The lowest BCUT2D eigenvalue weighted by Crippen LogP contribution is -2.41. The molecule has 0 saturated heterocycles. The number of carbonyl (C=O) groups excluding carboxylic acids is 2. The normalized spacial score (nSPS) is 12.6. The van der Waals surface area contributed by atoms with E-state index in [0.717, 1.165) is 16.3 Å². The minimum absolute atomic E-state index is 0.0817. The van der Waals surface area contributed by atoms with Gasteiger partial charge < -0.3 is 30.3 Å². The number of nitrogens with two attached hydrogens (primary N) is 1. The Labute approximate surface area is 201 Å². The van der Waals surface area contributed by atoms with Gasteiger partial charge in [0.05, 0.1) is 6.26 Å². The van der Waals surface area contributed by atoms with E-state index >= 15 is 0 Å². The maximum atomic E-state index is 12.7. The summed E-state index contributed by atoms with van der Waals surface area (Å²) in [6.45, 7) is 8.26. The summed E-state index contributed by atoms with van der Waals surface area (Å²) in [4.78, 5) is 47.3. The van der Waals surface area contributed by atoms with Crippen molar-refractivity contribution in [3.05, 3.63) is 45.5 Å². The number of carboxylic acids is 1. The van der Waals surface area contributed by atoms with Gasteiger partial charge in [-0.2, -0.15) is 0 Å². The monoisotopic (exact) mass is 485 g/mol. The van der Waals surface area contributed by atoms with Gasteiger partial charge in [0.2, 0.25) is 5.91 Å². The molecule has 1 unspecified atom stereocenters. The molecule has 188 valence electrons. The van der Waals surface area contributed by atoms with Crippen LogP contribution < -0.4 is 22.0 Å². The van der Waals surface area contributed by atoms with E-state index in [1.54, 1.807) is 19.3 Å². The molecule has 0 aliphatic carbocycles. The molecule has 3 amide bonds. The Kier molecular flexibility index (Phi) is 7.52. The quantitative estimate of drug-likeness (QED) is 0.267. The van der Waals surface area contributed by atoms with Crippen LogP contribution in [0, 0.1) is 6.92 Å². The lowest BCUT2D eigenvalue weighted by molar-refractivity contribution is -0.142. The van der Waals surface area contributed by atoms with Crippen molar-refractivity contribution in [1.82, 2.24) is 10.6 Å². The van der Waals surface area contributed by atoms with Crippen molar-refractivity contribution in [1.29, 1.82) is 0 Å². The van der Waals surface area contributed by atoms with E-state index in [-0.39, 0.29) is 31.2 Å². The highest BCUT2D eigenvalue weighted by molar-refractivity contribution is 5.97. The third-order valence-corrected chi connectivity index (χ3v) is 5.99. The Bertz CT molecular complexity index is 1330. The van der Waals surface area contributed by atoms with Gasteiger partial charge in [-0.15, -0.1) is 0 Å². The first kappa shape index (κ1) is 25.8. The van der Waals surface area contributed by atoms with Crippen molar-refractivity contribution in [2.45, 2.75) is 64.8 Å². The van der Waals surface area contributed by atoms with Crippen molar-refractivity contribution >= 4 is 39.8 Å². The van der Waals surface area contributed by atoms with E-state index in [2.05, 4.69) is 31.4 Å². The van der Waals surface area contributed by atoms with Crippen molar-refractivity contribution in [3.63, 3.8) is 0 Å². The summed E-state index contributed by atoms with van der Waals surface area (Å²) in [6.07, 6.45) is 2.18. The zero-order chi connectivity index (χ0) is 25.9. The third kappa shape index (κ3) is 6.00. The predicted molar refractivity (Wildman–Crippen MR) is 130 cm³/mol. The van der Waals surface area contributed by atoms with Crippen molar-refractivity contribution in [2.75, 3.05) is 6.54 Å². The minimum atomic E-state index is -1.18. The van der Waals surface area contributed by atoms with Gasteiger partial charge in [-0.1, -0.05) is 20.8 Å². The molecule has 3 rings (SSSR count). The molecule has 10 heteroatoms. The topological polar surface area (TPSA) is 165 Å². The van der Waals surface area contributed by atoms with Gasteiger partial charge in [-0.05, 0) is 43.2 Å². The number of hydrogen-bond acceptors (Lipinski definition) is 6. The molecule has 5 N–H and O–H groups in total. The van der Waals surface area contributed by atoms with E-state index < -0.39 is 29.6 Å². The van der Waals surface area contributed by atoms with Gasteiger partial charge in [0.25, 0.3) is 0 Å². The predicted octanol–water partition coefficient (Wildman–Crippen LogP) is 3.10. The standard InChI is InChI=1S/C25H31N3O7/c1-13-14(7-8-21(29)28-18(22(30)31)6-5-9-27-24(26)33)23(32)35-20-11-19-16(10-15(13)20)17(12-34-19)25(2,3)4/h10-12,18H,5-9H2,1-4H3,(H,28,29)(H,30,31)(H3,26,27,33). The Morgan fingerprint density at radius 1 is 1.14 bits per heavy atom. The number of carbonyl (C=O) groups is 3. The zero-order valence-electron chi connectivity index (χ0n) is 20.3. The lowest BCUT2D eigenvalue weighted by atomic mass is 9.86. The molecule has 0 aliphatic heterocycles. The number of fused-ring (bicyclic) bond motifs is 2. The van der Waals surface area contributed by atoms with Crippen LogP contribution in [0.2, 0.25) is 0 Å². The van der Waals surface area contributed by atoms with Crippen LogP contribution in [-0.2, 0) is 21.4 Å². The SMILES string of the molecule is Cc1c(CCC(=O)NC(CCCNC(N)=O)C(=O)O)c(=O)oc2cc3occ(C(C)(C)C)c3cc12. The molecule has 10 nitrogen and oxygen atoms in total. The highest BCUT2D eigenvalue weighted by Crippen LogP contribution is 2.35. The number of aryl methyl sites for hydroxylation is 1. The molecule has 35 heavy (non-hydrogen) atoms. The second-order valence-corrected chi connectivity index (χ2v) is 9.63. The van der Waals surface area contributed by atoms with Crippen LogP contribution in [0.15, 0.2) is 32.0 Å². The highest BCUT2D eigenvalue weighted by atomic mass is 16.4. The first-order valence-corrected chi connectivity index (χ1v) is 11.4. The second kappa shape index (κ2) is 10.2. The van der Waals surface area contributed by atoms with Gasteiger partial charge >= 0.3 is 17.6 Å². The fraction of sp³-hybridized carbons (Fsp3) is 0.440. The number of primary amides is 1. The van der Waals surface area contributed by atoms with E-state index in [4.69, 9.17) is 14.6 Å². The van der Waals surface area contributed by atoms with Crippen LogP contribution in [0.4, 0.5) is 4.79 Å². The smallest absolute Gasteiger partial charge is 0.339 e. The van der Waals surface area contributed by atoms with Crippen LogP contribution in [0.1, 0.15) is 56.7 Å². The minimum Gasteiger partial charge on any atom is -0.480 e. The average molecular weight is 486 g/mol. The number of rotatable bonds is 9. The molecular formula is C25H31N3O7. The van der Waals surface area contributed by atoms with Crippen LogP contribution in [0.3, 0.4) is 0 Å². The fourth-order valence-electron chi connectivity index (χ4n) is 4.06. The summed E-state index contributed by atoms with van der Waals surface area (Å²) in [5, 5.41) is 15.9. The van der Waals surface area contributed by atoms with E-state index in [1.807, 2.05) is 6.07 Å². The molecule has 1 atom stereocenters. The Morgan fingerprint density at radius 3 is 2.49 bits per heavy atom. The molecule has 0 bridgehead atoms. The molecule has 1 aromatic carbocycles. The fourth-order valence-corrected chi connectivity index (χ4v) is 4.06. The molecular weight excluding hydrogens is 454 g/mol. The van der Waals surface area contributed by atoms with Crippen molar-refractivity contribution in [3.8, 4) is 0 Å². The Hall–Kier alpha value is -3.82. The Balaban J connectivity index is 1.77. The van der Waals surface area contributed by atoms with E-state index in [0.29, 0.717) is 28.7 Å². The van der Waals surface area contributed by atoms with Gasteiger partial charge in [-0.3, -0.25) is 4.79 Å². The maximum absolute atomic E-state index is 12.7. The van der Waals surface area contributed by atoms with Gasteiger partial charge in [-0.25, -0.2) is 14.4 Å². The van der Waals surface area contributed by atoms with Crippen LogP contribution >= 0.6 is 0 Å². The van der Waals surface area contributed by atoms with Gasteiger partial charge in [0.1, 0.15) is 17.2 Å². The highest BCUT2D eigenvalue weighted by Gasteiger charge is 2.23. The number of urea groups is 1. The van der Waals surface area contributed by atoms with Gasteiger partial charge in [0, 0.05) is 40.9 Å². The van der Waals surface area contributed by atoms with Crippen LogP contribution in [-0.4, -0.2) is 35.6 Å². The largest absolute Gasteiger partial charge is 0.480 e. The first-order chi connectivity index (χ1) is 16.4. The molecule has 2 aromatic heterocycles. The second-order valence-electron chi connectivity index (χ2n) is 9.63. The number of amides is 3. The van der Waals surface area contributed by atoms with Crippen molar-refractivity contribution < 1.29 is 28.3 Å². The number of nitrogens with one attached hydrogen (secondary N) is 2. The maximum Gasteiger partial charge on any atom is 0.339 e. The van der Waals surface area contributed by atoms with Crippen molar-refractivity contribution in [2.24, 2.45) is 5.73 Å². The number of benzene rings is 1. The zero-order valence-corrected chi connectivity index (χ0v) is 20.3. The summed E-state index contributed by atoms with van der Waals surface area (Å²) >= 11 is 0. The van der Waals surface area contributed by atoms with Gasteiger partial charge in [0.15, 0.2) is 0 Å². The molecule has 0 saturated carbocycles. The van der Waals surface area contributed by atoms with Crippen LogP contribution in [0.25, 0.3) is 21.9 Å². The Morgan fingerprint density at radius 2 is 1.86 bits per heavy atom. The number of furan rings is 1. The number of carboxylic acid groups (broad SMARTS) is 1. The first-order valence-electron chi connectivity index (χ1n) is 11.4. The third-order valence-electron chi connectivity index (χ3n) is 5.99. The molecule has 2 heterocycles. The summed E-state index contributed by atoms with van der Waals surface area (Å²) in [7, 11) is 0. The summed E-state index contributed by atoms with van der Waals surface area (Å²) in [5.74, 6) is -1.68. The average Bonchev–Trinajstić information content (AvgIpc) is 3.17. The molecule has 0 fully saturated rings. The van der Waals surface area contributed by atoms with E-state index in [1.165, 1.54) is 0 Å². The summed E-state index contributed by atoms with van der Waals surface area (Å²) in [5.41, 5.74) is 7.43. The molecule has 3 aromatic rings. The lowest BCUT2D eigenvalue weighted by Gasteiger charge is -2.17. The number of aliphatic carboxylic acids is 1.